The summed E-state index contributed by atoms with van der Waals surface area (Å²) in [5.41, 5.74) is 9.02. The molecule has 0 radical (unpaired) electrons. The first kappa shape index (κ1) is 13.6. The third kappa shape index (κ3) is 2.05. The first-order valence-corrected chi connectivity index (χ1v) is 8.27. The van der Waals surface area contributed by atoms with E-state index in [0.717, 1.165) is 27.6 Å². The van der Waals surface area contributed by atoms with Gasteiger partial charge >= 0.3 is 0 Å². The van der Waals surface area contributed by atoms with Crippen LogP contribution in [0.15, 0.2) is 30.5 Å². The quantitative estimate of drug-likeness (QED) is 0.766. The molecule has 0 spiro atoms. The number of fused-ring (bicyclic) bond motifs is 2. The van der Waals surface area contributed by atoms with Crippen molar-refractivity contribution in [1.29, 1.82) is 0 Å². The molecule has 4 nitrogen and oxygen atoms in total. The number of nitrogens with two attached hydrogens (primary N) is 1. The Balaban J connectivity index is 1.85. The van der Waals surface area contributed by atoms with Gasteiger partial charge in [0.1, 0.15) is 0 Å². The van der Waals surface area contributed by atoms with Gasteiger partial charge in [-0.1, -0.05) is 37.5 Å². The third-order valence-corrected chi connectivity index (χ3v) is 5.20. The number of para-hydroxylation sites is 1. The molecule has 0 saturated heterocycles. The second-order valence-electron chi connectivity index (χ2n) is 6.51. The summed E-state index contributed by atoms with van der Waals surface area (Å²) >= 11 is 0. The molecule has 114 valence electrons. The highest BCUT2D eigenvalue weighted by molar-refractivity contribution is 6.05. The van der Waals surface area contributed by atoms with Gasteiger partial charge < -0.3 is 5.73 Å². The molecule has 2 N–H and O–H groups in total. The van der Waals surface area contributed by atoms with Crippen molar-refractivity contribution in [2.45, 2.75) is 45.1 Å². The van der Waals surface area contributed by atoms with Gasteiger partial charge in [0.2, 0.25) is 0 Å². The molecule has 4 rings (SSSR count). The van der Waals surface area contributed by atoms with E-state index in [9.17, 15) is 0 Å². The van der Waals surface area contributed by atoms with Crippen LogP contribution in [0.25, 0.3) is 21.9 Å². The number of nitrogens with zero attached hydrogens (tertiary/aromatic N) is 3. The van der Waals surface area contributed by atoms with E-state index in [1.165, 1.54) is 32.1 Å². The Kier molecular flexibility index (Phi) is 3.25. The van der Waals surface area contributed by atoms with Gasteiger partial charge in [-0.05, 0) is 31.7 Å². The Morgan fingerprint density at radius 1 is 1.14 bits per heavy atom. The van der Waals surface area contributed by atoms with Crippen LogP contribution < -0.4 is 5.73 Å². The monoisotopic (exact) mass is 294 g/mol. The molecule has 0 amide bonds. The van der Waals surface area contributed by atoms with Gasteiger partial charge in [0.05, 0.1) is 28.8 Å². The highest BCUT2D eigenvalue weighted by atomic mass is 15.3. The summed E-state index contributed by atoms with van der Waals surface area (Å²) in [6.45, 7) is 2.27. The van der Waals surface area contributed by atoms with Crippen LogP contribution in [-0.2, 0) is 0 Å². The average Bonchev–Trinajstić information content (AvgIpc) is 2.99. The Hall–Kier alpha value is -2.10. The van der Waals surface area contributed by atoms with Crippen LogP contribution in [-0.4, -0.2) is 14.8 Å². The summed E-state index contributed by atoms with van der Waals surface area (Å²) < 4.78 is 2.09. The minimum absolute atomic E-state index is 0.380. The maximum absolute atomic E-state index is 6.35. The fourth-order valence-corrected chi connectivity index (χ4v) is 3.83. The normalized spacial score (nSPS) is 18.0. The number of nitrogen functional groups attached to an aromatic ring is 1. The molecular weight excluding hydrogens is 272 g/mol. The summed E-state index contributed by atoms with van der Waals surface area (Å²) in [7, 11) is 0. The number of rotatable bonds is 2. The number of benzene rings is 1. The molecule has 22 heavy (non-hydrogen) atoms. The highest BCUT2D eigenvalue weighted by Crippen LogP contribution is 2.35. The lowest BCUT2D eigenvalue weighted by molar-refractivity contribution is 0.254. The van der Waals surface area contributed by atoms with Gasteiger partial charge in [0.15, 0.2) is 5.65 Å². The Labute approximate surface area is 130 Å². The standard InChI is InChI=1S/C18H22N4/c1-12(13-7-3-2-4-8-13)22-18-15(11-20-22)17(19)14-9-5-6-10-16(14)21-18/h5-6,9-13H,2-4,7-8H2,1H3,(H2,19,21). The van der Waals surface area contributed by atoms with E-state index in [-0.39, 0.29) is 0 Å². The zero-order chi connectivity index (χ0) is 15.1. The Bertz CT molecular complexity index is 814. The van der Waals surface area contributed by atoms with Crippen LogP contribution in [0.2, 0.25) is 0 Å². The third-order valence-electron chi connectivity index (χ3n) is 5.20. The summed E-state index contributed by atoms with van der Waals surface area (Å²) in [5.74, 6) is 0.700. The summed E-state index contributed by atoms with van der Waals surface area (Å²) in [6, 6.07) is 8.44. The van der Waals surface area contributed by atoms with Crippen LogP contribution >= 0.6 is 0 Å². The van der Waals surface area contributed by atoms with Gasteiger partial charge in [-0.2, -0.15) is 5.10 Å². The fourth-order valence-electron chi connectivity index (χ4n) is 3.83. The van der Waals surface area contributed by atoms with E-state index in [4.69, 9.17) is 10.7 Å². The number of anilines is 1. The molecule has 1 fully saturated rings. The SMILES string of the molecule is CC(C1CCCCC1)n1ncc2c(N)c3ccccc3nc21. The molecule has 1 atom stereocenters. The van der Waals surface area contributed by atoms with Crippen LogP contribution in [0, 0.1) is 5.92 Å². The Morgan fingerprint density at radius 3 is 2.73 bits per heavy atom. The van der Waals surface area contributed by atoms with E-state index < -0.39 is 0 Å². The average molecular weight is 294 g/mol. The van der Waals surface area contributed by atoms with Gasteiger partial charge in [0, 0.05) is 5.39 Å². The van der Waals surface area contributed by atoms with E-state index in [1.54, 1.807) is 0 Å². The second-order valence-corrected chi connectivity index (χ2v) is 6.51. The number of hydrogen-bond acceptors (Lipinski definition) is 3. The molecule has 1 saturated carbocycles. The lowest BCUT2D eigenvalue weighted by atomic mass is 9.84. The smallest absolute Gasteiger partial charge is 0.160 e. The molecule has 2 aromatic heterocycles. The van der Waals surface area contributed by atoms with E-state index in [1.807, 2.05) is 30.5 Å². The molecule has 0 bridgehead atoms. The van der Waals surface area contributed by atoms with Crippen molar-refractivity contribution < 1.29 is 0 Å². The molecule has 0 aliphatic heterocycles. The van der Waals surface area contributed by atoms with Crippen molar-refractivity contribution in [3.8, 4) is 0 Å². The van der Waals surface area contributed by atoms with E-state index in [2.05, 4.69) is 16.7 Å². The topological polar surface area (TPSA) is 56.7 Å². The molecular formula is C18H22N4. The maximum Gasteiger partial charge on any atom is 0.160 e. The molecule has 4 heteroatoms. The van der Waals surface area contributed by atoms with Crippen LogP contribution in [0.1, 0.15) is 45.1 Å². The fraction of sp³-hybridized carbons (Fsp3) is 0.444. The zero-order valence-electron chi connectivity index (χ0n) is 13.0. The summed E-state index contributed by atoms with van der Waals surface area (Å²) in [4.78, 5) is 4.83. The summed E-state index contributed by atoms with van der Waals surface area (Å²) in [6.07, 6.45) is 8.53. The van der Waals surface area contributed by atoms with E-state index in [0.29, 0.717) is 12.0 Å². The predicted molar refractivity (Wildman–Crippen MR) is 90.7 cm³/mol. The maximum atomic E-state index is 6.35. The second kappa shape index (κ2) is 5.27. The van der Waals surface area contributed by atoms with Gasteiger partial charge in [-0.15, -0.1) is 0 Å². The van der Waals surface area contributed by atoms with Crippen LogP contribution in [0.5, 0.6) is 0 Å². The van der Waals surface area contributed by atoms with E-state index >= 15 is 0 Å². The number of hydrogen-bond donors (Lipinski definition) is 1. The molecule has 1 aliphatic carbocycles. The molecule has 3 aromatic rings. The van der Waals surface area contributed by atoms with Gasteiger partial charge in [-0.3, -0.25) is 0 Å². The van der Waals surface area contributed by atoms with Crippen molar-refractivity contribution in [2.75, 3.05) is 5.73 Å². The minimum Gasteiger partial charge on any atom is -0.398 e. The van der Waals surface area contributed by atoms with Crippen molar-refractivity contribution in [1.82, 2.24) is 14.8 Å². The first-order valence-electron chi connectivity index (χ1n) is 8.27. The molecule has 1 aliphatic rings. The molecule has 1 aromatic carbocycles. The minimum atomic E-state index is 0.380. The van der Waals surface area contributed by atoms with Gasteiger partial charge in [-0.25, -0.2) is 9.67 Å². The van der Waals surface area contributed by atoms with Crippen molar-refractivity contribution >= 4 is 27.6 Å². The van der Waals surface area contributed by atoms with Crippen LogP contribution in [0.4, 0.5) is 5.69 Å². The molecule has 2 heterocycles. The highest BCUT2D eigenvalue weighted by Gasteiger charge is 2.24. The largest absolute Gasteiger partial charge is 0.398 e. The van der Waals surface area contributed by atoms with Crippen molar-refractivity contribution in [2.24, 2.45) is 5.92 Å². The van der Waals surface area contributed by atoms with Gasteiger partial charge in [0.25, 0.3) is 0 Å². The summed E-state index contributed by atoms with van der Waals surface area (Å²) in [5, 5.41) is 6.62. The zero-order valence-corrected chi connectivity index (χ0v) is 13.0. The van der Waals surface area contributed by atoms with Crippen molar-refractivity contribution in [3.05, 3.63) is 30.5 Å². The van der Waals surface area contributed by atoms with Crippen LogP contribution in [0.3, 0.4) is 0 Å². The number of pyridine rings is 1. The van der Waals surface area contributed by atoms with Crippen molar-refractivity contribution in [3.63, 3.8) is 0 Å². The lowest BCUT2D eigenvalue weighted by Crippen LogP contribution is -2.20. The first-order chi connectivity index (χ1) is 10.8. The lowest BCUT2D eigenvalue weighted by Gasteiger charge is -2.28. The molecule has 1 unspecified atom stereocenters. The Morgan fingerprint density at radius 2 is 1.91 bits per heavy atom. The predicted octanol–water partition coefficient (Wildman–Crippen LogP) is 4.31. The number of aromatic nitrogens is 3.